The predicted octanol–water partition coefficient (Wildman–Crippen LogP) is 0.934. The zero-order chi connectivity index (χ0) is 13.7. The summed E-state index contributed by atoms with van der Waals surface area (Å²) in [6.45, 7) is 3.51. The molecule has 2 heterocycles. The summed E-state index contributed by atoms with van der Waals surface area (Å²) in [5.74, 6) is 0.652. The smallest absolute Gasteiger partial charge is 0.0922 e. The lowest BCUT2D eigenvalue weighted by molar-refractivity contribution is 0.0711. The molecule has 2 rings (SSSR count). The number of aromatic amines is 1. The molecule has 0 aromatic carbocycles. The van der Waals surface area contributed by atoms with Crippen molar-refractivity contribution in [3.63, 3.8) is 0 Å². The quantitative estimate of drug-likeness (QED) is 0.804. The molecule has 0 radical (unpaired) electrons. The van der Waals surface area contributed by atoms with Gasteiger partial charge in [-0.3, -0.25) is 4.90 Å². The number of nitrogens with zero attached hydrogens (tertiary/aromatic N) is 3. The summed E-state index contributed by atoms with van der Waals surface area (Å²) in [6, 6.07) is 0.643. The van der Waals surface area contributed by atoms with Gasteiger partial charge in [0.05, 0.1) is 6.33 Å². The Balaban J connectivity index is 1.91. The van der Waals surface area contributed by atoms with E-state index in [1.54, 1.807) is 6.33 Å². The van der Waals surface area contributed by atoms with Crippen LogP contribution in [0.5, 0.6) is 0 Å². The molecule has 1 aliphatic rings. The van der Waals surface area contributed by atoms with Crippen LogP contribution in [0.25, 0.3) is 0 Å². The highest BCUT2D eigenvalue weighted by Gasteiger charge is 2.30. The second-order valence-corrected chi connectivity index (χ2v) is 5.76. The first-order valence-corrected chi connectivity index (χ1v) is 7.17. The third-order valence-corrected chi connectivity index (χ3v) is 4.12. The average Bonchev–Trinajstić information content (AvgIpc) is 2.89. The second kappa shape index (κ2) is 7.03. The van der Waals surface area contributed by atoms with Crippen molar-refractivity contribution in [2.24, 2.45) is 5.92 Å². The molecule has 5 nitrogen and oxygen atoms in total. The third kappa shape index (κ3) is 4.03. The number of hydrogen-bond donors (Lipinski definition) is 2. The summed E-state index contributed by atoms with van der Waals surface area (Å²) in [5, 5.41) is 9.05. The van der Waals surface area contributed by atoms with E-state index < -0.39 is 0 Å². The van der Waals surface area contributed by atoms with Gasteiger partial charge in [0.15, 0.2) is 0 Å². The Hall–Kier alpha value is -0.910. The van der Waals surface area contributed by atoms with Crippen molar-refractivity contribution in [1.82, 2.24) is 19.8 Å². The van der Waals surface area contributed by atoms with E-state index in [0.29, 0.717) is 18.6 Å². The van der Waals surface area contributed by atoms with E-state index in [4.69, 9.17) is 5.11 Å². The van der Waals surface area contributed by atoms with Crippen LogP contribution in [0.1, 0.15) is 25.0 Å². The fraction of sp³-hybridized carbons (Fsp3) is 0.786. The lowest BCUT2D eigenvalue weighted by Gasteiger charge is -2.41. The van der Waals surface area contributed by atoms with Crippen LogP contribution in [0, 0.1) is 5.92 Å². The molecule has 2 atom stereocenters. The Morgan fingerprint density at radius 1 is 1.53 bits per heavy atom. The van der Waals surface area contributed by atoms with Gasteiger partial charge in [0.1, 0.15) is 0 Å². The molecule has 1 aliphatic heterocycles. The van der Waals surface area contributed by atoms with Gasteiger partial charge >= 0.3 is 0 Å². The Bertz CT molecular complexity index is 352. The molecule has 19 heavy (non-hydrogen) atoms. The van der Waals surface area contributed by atoms with Gasteiger partial charge in [0.2, 0.25) is 0 Å². The number of aliphatic hydroxyl groups is 1. The first-order chi connectivity index (χ1) is 9.20. The van der Waals surface area contributed by atoms with Gasteiger partial charge in [-0.2, -0.15) is 0 Å². The molecule has 0 bridgehead atoms. The van der Waals surface area contributed by atoms with E-state index in [1.165, 1.54) is 12.1 Å². The summed E-state index contributed by atoms with van der Waals surface area (Å²) in [7, 11) is 4.34. The molecule has 0 saturated carbocycles. The molecule has 1 aromatic rings. The number of H-pyrrole nitrogens is 1. The summed E-state index contributed by atoms with van der Waals surface area (Å²) in [5.41, 5.74) is 1.18. The molecular formula is C14H26N4O. The zero-order valence-electron chi connectivity index (χ0n) is 12.0. The fourth-order valence-electron chi connectivity index (χ4n) is 3.17. The highest BCUT2D eigenvalue weighted by Crippen LogP contribution is 2.25. The van der Waals surface area contributed by atoms with Crippen molar-refractivity contribution in [3.05, 3.63) is 18.2 Å². The van der Waals surface area contributed by atoms with Crippen molar-refractivity contribution >= 4 is 0 Å². The van der Waals surface area contributed by atoms with Crippen molar-refractivity contribution in [3.8, 4) is 0 Å². The number of aliphatic hydroxyl groups excluding tert-OH is 1. The minimum absolute atomic E-state index is 0.303. The van der Waals surface area contributed by atoms with Gasteiger partial charge in [-0.1, -0.05) is 0 Å². The van der Waals surface area contributed by atoms with Crippen LogP contribution >= 0.6 is 0 Å². The van der Waals surface area contributed by atoms with Crippen LogP contribution in [0.4, 0.5) is 0 Å². The molecule has 0 aliphatic carbocycles. The molecule has 108 valence electrons. The first-order valence-electron chi connectivity index (χ1n) is 7.17. The Morgan fingerprint density at radius 2 is 2.37 bits per heavy atom. The van der Waals surface area contributed by atoms with Crippen molar-refractivity contribution in [1.29, 1.82) is 0 Å². The van der Waals surface area contributed by atoms with E-state index in [-0.39, 0.29) is 0 Å². The molecule has 1 saturated heterocycles. The van der Waals surface area contributed by atoms with Crippen molar-refractivity contribution in [2.45, 2.75) is 31.8 Å². The van der Waals surface area contributed by atoms with Crippen LogP contribution in [0.2, 0.25) is 0 Å². The summed E-state index contributed by atoms with van der Waals surface area (Å²) >= 11 is 0. The zero-order valence-corrected chi connectivity index (χ0v) is 12.0. The molecule has 2 N–H and O–H groups in total. The van der Waals surface area contributed by atoms with E-state index in [0.717, 1.165) is 32.5 Å². The summed E-state index contributed by atoms with van der Waals surface area (Å²) in [6.07, 6.45) is 6.87. The monoisotopic (exact) mass is 266 g/mol. The lowest BCUT2D eigenvalue weighted by Crippen LogP contribution is -2.48. The Morgan fingerprint density at radius 3 is 3.00 bits per heavy atom. The normalized spacial score (nSPS) is 25.1. The van der Waals surface area contributed by atoms with E-state index >= 15 is 0 Å². The molecule has 0 amide bonds. The first kappa shape index (κ1) is 14.5. The van der Waals surface area contributed by atoms with Crippen LogP contribution in [0.15, 0.2) is 12.5 Å². The number of imidazole rings is 1. The van der Waals surface area contributed by atoms with Crippen molar-refractivity contribution < 1.29 is 5.11 Å². The third-order valence-electron chi connectivity index (χ3n) is 4.12. The highest BCUT2D eigenvalue weighted by molar-refractivity contribution is 4.95. The number of hydrogen-bond acceptors (Lipinski definition) is 4. The number of likely N-dealkylation sites (tertiary alicyclic amines) is 1. The second-order valence-electron chi connectivity index (χ2n) is 5.76. The van der Waals surface area contributed by atoms with E-state index in [1.807, 2.05) is 6.20 Å². The fourth-order valence-corrected chi connectivity index (χ4v) is 3.17. The SMILES string of the molecule is CN(C)[C@H]1CCN(Cc2cnc[nH]2)C[C@H]1CCCO. The molecule has 1 fully saturated rings. The number of nitrogens with one attached hydrogen (secondary N) is 1. The van der Waals surface area contributed by atoms with Crippen LogP contribution in [-0.2, 0) is 6.54 Å². The minimum atomic E-state index is 0.303. The predicted molar refractivity (Wildman–Crippen MR) is 75.8 cm³/mol. The summed E-state index contributed by atoms with van der Waals surface area (Å²) in [4.78, 5) is 12.1. The molecule has 1 aromatic heterocycles. The topological polar surface area (TPSA) is 55.4 Å². The lowest BCUT2D eigenvalue weighted by atomic mass is 9.87. The molecular weight excluding hydrogens is 240 g/mol. The summed E-state index contributed by atoms with van der Waals surface area (Å²) < 4.78 is 0. The van der Waals surface area contributed by atoms with Gasteiger partial charge in [0, 0.05) is 44.2 Å². The van der Waals surface area contributed by atoms with Gasteiger partial charge in [0.25, 0.3) is 0 Å². The van der Waals surface area contributed by atoms with Crippen molar-refractivity contribution in [2.75, 3.05) is 33.8 Å². The standard InChI is InChI=1S/C14H26N4O/c1-17(2)14-5-6-18(9-12(14)4-3-7-19)10-13-8-15-11-16-13/h8,11-12,14,19H,3-7,9-10H2,1-2H3,(H,15,16)/t12-,14+/m1/s1. The van der Waals surface area contributed by atoms with Crippen LogP contribution < -0.4 is 0 Å². The average molecular weight is 266 g/mol. The maximum Gasteiger partial charge on any atom is 0.0922 e. The Kier molecular flexibility index (Phi) is 5.36. The van der Waals surface area contributed by atoms with Gasteiger partial charge in [-0.25, -0.2) is 4.98 Å². The maximum atomic E-state index is 9.05. The Labute approximate surface area is 115 Å². The van der Waals surface area contributed by atoms with Crippen LogP contribution in [-0.4, -0.2) is 64.7 Å². The number of aromatic nitrogens is 2. The van der Waals surface area contributed by atoms with E-state index in [9.17, 15) is 0 Å². The van der Waals surface area contributed by atoms with Gasteiger partial charge in [-0.05, 0) is 39.3 Å². The number of piperidine rings is 1. The number of rotatable bonds is 6. The van der Waals surface area contributed by atoms with Crippen LogP contribution in [0.3, 0.4) is 0 Å². The molecule has 5 heteroatoms. The minimum Gasteiger partial charge on any atom is -0.396 e. The van der Waals surface area contributed by atoms with Gasteiger partial charge < -0.3 is 15.0 Å². The highest BCUT2D eigenvalue weighted by atomic mass is 16.2. The van der Waals surface area contributed by atoms with Gasteiger partial charge in [-0.15, -0.1) is 0 Å². The molecule has 0 spiro atoms. The largest absolute Gasteiger partial charge is 0.396 e. The maximum absolute atomic E-state index is 9.05. The van der Waals surface area contributed by atoms with E-state index in [2.05, 4.69) is 33.9 Å². The molecule has 0 unspecified atom stereocenters.